The van der Waals surface area contributed by atoms with E-state index in [1.54, 1.807) is 0 Å². The third-order valence-electron chi connectivity index (χ3n) is 3.82. The van der Waals surface area contributed by atoms with E-state index in [1.807, 2.05) is 13.8 Å². The van der Waals surface area contributed by atoms with Crippen LogP contribution in [-0.2, 0) is 0 Å². The van der Waals surface area contributed by atoms with E-state index >= 15 is 0 Å². The molecule has 6 nitrogen and oxygen atoms in total. The van der Waals surface area contributed by atoms with Gasteiger partial charge in [0.1, 0.15) is 0 Å². The highest BCUT2D eigenvalue weighted by Crippen LogP contribution is 2.28. The molecule has 6 heteroatoms. The number of hydrogen-bond donors (Lipinski definition) is 2. The number of nitrogens with one attached hydrogen (secondary N) is 2. The van der Waals surface area contributed by atoms with Gasteiger partial charge in [0.2, 0.25) is 11.9 Å². The van der Waals surface area contributed by atoms with E-state index in [0.29, 0.717) is 30.4 Å². The number of hydrogen-bond acceptors (Lipinski definition) is 6. The average Bonchev–Trinajstić information content (AvgIpc) is 2.46. The van der Waals surface area contributed by atoms with E-state index in [-0.39, 0.29) is 0 Å². The lowest BCUT2D eigenvalue weighted by atomic mass is 9.82. The van der Waals surface area contributed by atoms with Crippen molar-refractivity contribution in [2.75, 3.05) is 30.3 Å². The Morgan fingerprint density at radius 2 is 1.86 bits per heavy atom. The first-order valence-corrected chi connectivity index (χ1v) is 8.07. The molecule has 1 heterocycles. The largest absolute Gasteiger partial charge is 0.464 e. The molecular formula is C15H27N5O. The Morgan fingerprint density at radius 1 is 1.10 bits per heavy atom. The van der Waals surface area contributed by atoms with Gasteiger partial charge in [0.15, 0.2) is 0 Å². The van der Waals surface area contributed by atoms with Crippen molar-refractivity contribution in [3.8, 4) is 6.01 Å². The Kier molecular flexibility index (Phi) is 6.02. The van der Waals surface area contributed by atoms with E-state index in [4.69, 9.17) is 4.74 Å². The van der Waals surface area contributed by atoms with Crippen LogP contribution in [0.2, 0.25) is 0 Å². The molecule has 1 aromatic rings. The van der Waals surface area contributed by atoms with Gasteiger partial charge in [-0.15, -0.1) is 0 Å². The summed E-state index contributed by atoms with van der Waals surface area (Å²) in [7, 11) is 0. The average molecular weight is 293 g/mol. The summed E-state index contributed by atoms with van der Waals surface area (Å²) in [5.74, 6) is 2.71. The SMILES string of the molecule is CCNc1nc(NCC2CCCC(C)C2)nc(OCC)n1. The van der Waals surface area contributed by atoms with Gasteiger partial charge in [-0.1, -0.05) is 19.8 Å². The van der Waals surface area contributed by atoms with Gasteiger partial charge < -0.3 is 15.4 Å². The highest BCUT2D eigenvalue weighted by molar-refractivity contribution is 5.35. The first-order chi connectivity index (χ1) is 10.2. The molecule has 0 bridgehead atoms. The van der Waals surface area contributed by atoms with Crippen molar-refractivity contribution in [2.24, 2.45) is 11.8 Å². The van der Waals surface area contributed by atoms with Crippen molar-refractivity contribution >= 4 is 11.9 Å². The Balaban J connectivity index is 1.97. The second-order valence-electron chi connectivity index (χ2n) is 5.75. The van der Waals surface area contributed by atoms with E-state index in [1.165, 1.54) is 25.7 Å². The van der Waals surface area contributed by atoms with Crippen LogP contribution < -0.4 is 15.4 Å². The Bertz CT molecular complexity index is 416. The van der Waals surface area contributed by atoms with Crippen molar-refractivity contribution in [3.05, 3.63) is 0 Å². The summed E-state index contributed by atoms with van der Waals surface area (Å²) < 4.78 is 5.40. The molecule has 21 heavy (non-hydrogen) atoms. The highest BCUT2D eigenvalue weighted by Gasteiger charge is 2.19. The monoisotopic (exact) mass is 293 g/mol. The molecule has 1 aromatic heterocycles. The van der Waals surface area contributed by atoms with E-state index in [0.717, 1.165) is 19.0 Å². The fraction of sp³-hybridized carbons (Fsp3) is 0.800. The molecule has 2 atom stereocenters. The van der Waals surface area contributed by atoms with Crippen LogP contribution in [0.4, 0.5) is 11.9 Å². The Morgan fingerprint density at radius 3 is 2.52 bits per heavy atom. The van der Waals surface area contributed by atoms with Gasteiger partial charge in [-0.2, -0.15) is 15.0 Å². The van der Waals surface area contributed by atoms with Gasteiger partial charge in [-0.05, 0) is 38.5 Å². The van der Waals surface area contributed by atoms with Gasteiger partial charge in [0, 0.05) is 13.1 Å². The van der Waals surface area contributed by atoms with E-state index in [2.05, 4.69) is 32.5 Å². The molecule has 0 aromatic carbocycles. The lowest BCUT2D eigenvalue weighted by Crippen LogP contribution is -2.22. The fourth-order valence-electron chi connectivity index (χ4n) is 2.85. The second-order valence-corrected chi connectivity index (χ2v) is 5.75. The van der Waals surface area contributed by atoms with Gasteiger partial charge in [0.25, 0.3) is 0 Å². The van der Waals surface area contributed by atoms with Gasteiger partial charge >= 0.3 is 6.01 Å². The van der Waals surface area contributed by atoms with E-state index in [9.17, 15) is 0 Å². The summed E-state index contributed by atoms with van der Waals surface area (Å²) in [6.07, 6.45) is 5.27. The molecule has 1 aliphatic rings. The number of aromatic nitrogens is 3. The summed E-state index contributed by atoms with van der Waals surface area (Å²) in [4.78, 5) is 12.9. The quantitative estimate of drug-likeness (QED) is 0.805. The van der Waals surface area contributed by atoms with Crippen LogP contribution in [0.25, 0.3) is 0 Å². The first kappa shape index (κ1) is 15.8. The minimum Gasteiger partial charge on any atom is -0.464 e. The third-order valence-corrected chi connectivity index (χ3v) is 3.82. The van der Waals surface area contributed by atoms with Crippen LogP contribution in [0.1, 0.15) is 46.5 Å². The molecule has 0 amide bonds. The number of rotatable bonds is 7. The molecule has 0 saturated heterocycles. The van der Waals surface area contributed by atoms with Crippen LogP contribution in [0, 0.1) is 11.8 Å². The number of nitrogens with zero attached hydrogens (tertiary/aromatic N) is 3. The van der Waals surface area contributed by atoms with Crippen molar-refractivity contribution in [3.63, 3.8) is 0 Å². The normalized spacial score (nSPS) is 21.9. The number of anilines is 2. The smallest absolute Gasteiger partial charge is 0.323 e. The maximum Gasteiger partial charge on any atom is 0.323 e. The van der Waals surface area contributed by atoms with Crippen molar-refractivity contribution in [1.82, 2.24) is 15.0 Å². The van der Waals surface area contributed by atoms with Crippen LogP contribution >= 0.6 is 0 Å². The van der Waals surface area contributed by atoms with Gasteiger partial charge in [-0.3, -0.25) is 0 Å². The minimum atomic E-state index is 0.378. The standard InChI is InChI=1S/C15H27N5O/c1-4-16-13-18-14(20-15(19-13)21-5-2)17-10-12-8-6-7-11(3)9-12/h11-12H,4-10H2,1-3H3,(H2,16,17,18,19,20). The molecular weight excluding hydrogens is 266 g/mol. The topological polar surface area (TPSA) is 72.0 Å². The van der Waals surface area contributed by atoms with Crippen LogP contribution in [-0.4, -0.2) is 34.6 Å². The Hall–Kier alpha value is -1.59. The van der Waals surface area contributed by atoms with Crippen LogP contribution in [0.5, 0.6) is 6.01 Å². The first-order valence-electron chi connectivity index (χ1n) is 8.07. The lowest BCUT2D eigenvalue weighted by molar-refractivity contribution is 0.292. The maximum atomic E-state index is 5.40. The molecule has 118 valence electrons. The van der Waals surface area contributed by atoms with Gasteiger partial charge in [-0.25, -0.2) is 0 Å². The predicted octanol–water partition coefficient (Wildman–Crippen LogP) is 2.94. The zero-order chi connectivity index (χ0) is 15.1. The highest BCUT2D eigenvalue weighted by atomic mass is 16.5. The summed E-state index contributed by atoms with van der Waals surface area (Å²) in [6, 6.07) is 0.378. The molecule has 1 saturated carbocycles. The predicted molar refractivity (Wildman–Crippen MR) is 84.8 cm³/mol. The molecule has 0 aliphatic heterocycles. The van der Waals surface area contributed by atoms with Crippen molar-refractivity contribution in [2.45, 2.75) is 46.5 Å². The molecule has 2 unspecified atom stereocenters. The molecule has 0 radical (unpaired) electrons. The zero-order valence-corrected chi connectivity index (χ0v) is 13.4. The Labute approximate surface area is 127 Å². The fourth-order valence-corrected chi connectivity index (χ4v) is 2.85. The van der Waals surface area contributed by atoms with Gasteiger partial charge in [0.05, 0.1) is 6.61 Å². The summed E-state index contributed by atoms with van der Waals surface area (Å²) in [5, 5.41) is 6.46. The second kappa shape index (κ2) is 8.00. The van der Waals surface area contributed by atoms with Crippen LogP contribution in [0.15, 0.2) is 0 Å². The zero-order valence-electron chi connectivity index (χ0n) is 13.4. The minimum absolute atomic E-state index is 0.378. The molecule has 2 N–H and O–H groups in total. The molecule has 1 fully saturated rings. The third kappa shape index (κ3) is 5.02. The van der Waals surface area contributed by atoms with Crippen LogP contribution in [0.3, 0.4) is 0 Å². The molecule has 1 aliphatic carbocycles. The van der Waals surface area contributed by atoms with Crippen molar-refractivity contribution < 1.29 is 4.74 Å². The van der Waals surface area contributed by atoms with Crippen molar-refractivity contribution in [1.29, 1.82) is 0 Å². The summed E-state index contributed by atoms with van der Waals surface area (Å²) in [5.41, 5.74) is 0. The van der Waals surface area contributed by atoms with E-state index < -0.39 is 0 Å². The summed E-state index contributed by atoms with van der Waals surface area (Å²) in [6.45, 7) is 8.52. The molecule has 2 rings (SSSR count). The molecule has 0 spiro atoms. The lowest BCUT2D eigenvalue weighted by Gasteiger charge is -2.26. The summed E-state index contributed by atoms with van der Waals surface area (Å²) >= 11 is 0. The maximum absolute atomic E-state index is 5.40. The number of ether oxygens (including phenoxy) is 1.